The summed E-state index contributed by atoms with van der Waals surface area (Å²) in [5, 5.41) is 5.16. The Morgan fingerprint density at radius 1 is 1.27 bits per heavy atom. The summed E-state index contributed by atoms with van der Waals surface area (Å²) in [5.74, 6) is 0.443. The van der Waals surface area contributed by atoms with Gasteiger partial charge in [-0.1, -0.05) is 56.2 Å². The highest BCUT2D eigenvalue weighted by Gasteiger charge is 2.28. The van der Waals surface area contributed by atoms with Crippen molar-refractivity contribution in [2.45, 2.75) is 33.6 Å². The molecular weight excluding hydrogens is 344 g/mol. The van der Waals surface area contributed by atoms with E-state index in [-0.39, 0.29) is 5.41 Å². The number of oxime groups is 1. The first-order valence-electron chi connectivity index (χ1n) is 9.15. The van der Waals surface area contributed by atoms with Crippen molar-refractivity contribution in [2.75, 3.05) is 27.2 Å². The molecule has 2 rings (SSSR count). The van der Waals surface area contributed by atoms with E-state index in [1.165, 1.54) is 5.57 Å². The summed E-state index contributed by atoms with van der Waals surface area (Å²) in [4.78, 5) is 7.81. The van der Waals surface area contributed by atoms with E-state index in [0.29, 0.717) is 12.5 Å². The zero-order valence-corrected chi connectivity index (χ0v) is 17.4. The molecule has 1 aromatic carbocycles. The molecule has 4 heteroatoms. The number of rotatable bonds is 7. The molecule has 0 amide bonds. The summed E-state index contributed by atoms with van der Waals surface area (Å²) < 4.78 is 0. The number of halogens is 1. The minimum absolute atomic E-state index is 0.136. The second-order valence-corrected chi connectivity index (χ2v) is 8.86. The summed E-state index contributed by atoms with van der Waals surface area (Å²) in [6.45, 7) is 12.6. The Hall–Kier alpha value is -1.58. The van der Waals surface area contributed by atoms with Crippen LogP contribution in [-0.4, -0.2) is 37.9 Å². The minimum Gasteiger partial charge on any atom is -0.395 e. The quantitative estimate of drug-likeness (QED) is 0.574. The van der Waals surface area contributed by atoms with Gasteiger partial charge in [-0.2, -0.15) is 0 Å². The maximum atomic E-state index is 6.00. The number of hydrogen-bond acceptors (Lipinski definition) is 3. The molecule has 0 bridgehead atoms. The van der Waals surface area contributed by atoms with Crippen LogP contribution in [0.2, 0.25) is 5.02 Å². The molecule has 0 spiro atoms. The van der Waals surface area contributed by atoms with Gasteiger partial charge >= 0.3 is 0 Å². The van der Waals surface area contributed by atoms with Gasteiger partial charge in [-0.15, -0.1) is 0 Å². The van der Waals surface area contributed by atoms with Crippen molar-refractivity contribution in [2.24, 2.45) is 16.5 Å². The van der Waals surface area contributed by atoms with Crippen molar-refractivity contribution in [3.8, 4) is 0 Å². The lowest BCUT2D eigenvalue weighted by Crippen LogP contribution is -2.24. The van der Waals surface area contributed by atoms with E-state index in [0.717, 1.165) is 41.3 Å². The fraction of sp³-hybridized carbons (Fsp3) is 0.500. The summed E-state index contributed by atoms with van der Waals surface area (Å²) >= 11 is 6.00. The van der Waals surface area contributed by atoms with Gasteiger partial charge in [0, 0.05) is 17.5 Å². The van der Waals surface area contributed by atoms with Gasteiger partial charge in [0.15, 0.2) is 0 Å². The molecule has 1 atom stereocenters. The lowest BCUT2D eigenvalue weighted by atomic mass is 9.74. The van der Waals surface area contributed by atoms with Gasteiger partial charge in [0.1, 0.15) is 6.61 Å². The summed E-state index contributed by atoms with van der Waals surface area (Å²) in [7, 11) is 4.15. The Morgan fingerprint density at radius 2 is 1.92 bits per heavy atom. The predicted octanol–water partition coefficient (Wildman–Crippen LogP) is 5.67. The first-order valence-corrected chi connectivity index (χ1v) is 9.53. The third-order valence-corrected chi connectivity index (χ3v) is 4.72. The predicted molar refractivity (Wildman–Crippen MR) is 113 cm³/mol. The number of benzene rings is 1. The third-order valence-electron chi connectivity index (χ3n) is 4.47. The smallest absolute Gasteiger partial charge is 0.120 e. The average molecular weight is 375 g/mol. The van der Waals surface area contributed by atoms with Gasteiger partial charge in [-0.25, -0.2) is 0 Å². The van der Waals surface area contributed by atoms with Crippen molar-refractivity contribution in [3.05, 3.63) is 53.1 Å². The van der Waals surface area contributed by atoms with Crippen LogP contribution in [0.5, 0.6) is 0 Å². The first kappa shape index (κ1) is 20.7. The Morgan fingerprint density at radius 3 is 2.54 bits per heavy atom. The highest BCUT2D eigenvalue weighted by Crippen LogP contribution is 2.39. The Kier molecular flexibility index (Phi) is 7.08. The van der Waals surface area contributed by atoms with Crippen molar-refractivity contribution in [3.63, 3.8) is 0 Å². The Bertz CT molecular complexity index is 687. The van der Waals surface area contributed by atoms with Crippen LogP contribution >= 0.6 is 11.6 Å². The summed E-state index contributed by atoms with van der Waals surface area (Å²) in [5.41, 5.74) is 4.47. The largest absolute Gasteiger partial charge is 0.395 e. The highest BCUT2D eigenvalue weighted by molar-refractivity contribution is 6.30. The third kappa shape index (κ3) is 6.30. The van der Waals surface area contributed by atoms with Crippen molar-refractivity contribution in [1.29, 1.82) is 0 Å². The van der Waals surface area contributed by atoms with E-state index < -0.39 is 0 Å². The van der Waals surface area contributed by atoms with Gasteiger partial charge < -0.3 is 9.74 Å². The fourth-order valence-corrected chi connectivity index (χ4v) is 3.51. The zero-order chi connectivity index (χ0) is 19.3. The average Bonchev–Trinajstić information content (AvgIpc) is 2.52. The molecule has 142 valence electrons. The van der Waals surface area contributed by atoms with Gasteiger partial charge in [-0.3, -0.25) is 0 Å². The molecule has 0 heterocycles. The fourth-order valence-electron chi connectivity index (χ4n) is 3.38. The van der Waals surface area contributed by atoms with Crippen LogP contribution in [0, 0.1) is 11.3 Å². The molecule has 1 aliphatic carbocycles. The molecule has 0 radical (unpaired) electrons. The second-order valence-electron chi connectivity index (χ2n) is 8.42. The van der Waals surface area contributed by atoms with Gasteiger partial charge in [0.2, 0.25) is 0 Å². The van der Waals surface area contributed by atoms with Crippen LogP contribution in [0.25, 0.3) is 5.57 Å². The van der Waals surface area contributed by atoms with Crippen LogP contribution in [0.1, 0.15) is 39.2 Å². The maximum absolute atomic E-state index is 6.00. The number of nitrogens with zero attached hydrogens (tertiary/aromatic N) is 2. The number of allylic oxidation sites excluding steroid dienone is 3. The standard InChI is InChI=1S/C22H31ClN2O/c1-16(14-25(5)6)15-26-24-21-11-19(12-22(3,4)13-21)17(2)18-7-9-20(23)10-8-18/h7-11,16H,2,12-15H2,1,3-6H3/b24-21-. The summed E-state index contributed by atoms with van der Waals surface area (Å²) in [6, 6.07) is 7.84. The molecule has 0 aromatic heterocycles. The lowest BCUT2D eigenvalue weighted by molar-refractivity contribution is 0.101. The second kappa shape index (κ2) is 8.88. The van der Waals surface area contributed by atoms with E-state index in [1.54, 1.807) is 0 Å². The molecule has 0 N–H and O–H groups in total. The van der Waals surface area contributed by atoms with Crippen molar-refractivity contribution >= 4 is 22.9 Å². The Labute approximate surface area is 163 Å². The molecule has 0 fully saturated rings. The van der Waals surface area contributed by atoms with Crippen LogP contribution in [-0.2, 0) is 4.84 Å². The molecule has 0 saturated heterocycles. The van der Waals surface area contributed by atoms with Crippen LogP contribution < -0.4 is 0 Å². The van der Waals surface area contributed by atoms with Crippen LogP contribution in [0.4, 0.5) is 0 Å². The van der Waals surface area contributed by atoms with Crippen LogP contribution in [0.3, 0.4) is 0 Å². The molecule has 0 aliphatic heterocycles. The molecular formula is C22H31ClN2O. The Balaban J connectivity index is 2.11. The molecule has 1 aliphatic rings. The van der Waals surface area contributed by atoms with Crippen molar-refractivity contribution < 1.29 is 4.84 Å². The monoisotopic (exact) mass is 374 g/mol. The summed E-state index contributed by atoms with van der Waals surface area (Å²) in [6.07, 6.45) is 4.02. The molecule has 3 nitrogen and oxygen atoms in total. The van der Waals surface area contributed by atoms with E-state index in [1.807, 2.05) is 24.3 Å². The van der Waals surface area contributed by atoms with Gasteiger partial charge in [0.25, 0.3) is 0 Å². The SMILES string of the molecule is C=C(C1=C/C(=N/OCC(C)CN(C)C)CC(C)(C)C1)c1ccc(Cl)cc1. The first-order chi connectivity index (χ1) is 12.2. The van der Waals surface area contributed by atoms with E-state index >= 15 is 0 Å². The lowest BCUT2D eigenvalue weighted by Gasteiger charge is -2.31. The van der Waals surface area contributed by atoms with Gasteiger partial charge in [0.05, 0.1) is 5.71 Å². The zero-order valence-electron chi connectivity index (χ0n) is 16.7. The maximum Gasteiger partial charge on any atom is 0.120 e. The molecule has 1 aromatic rings. The normalized spacial score (nSPS) is 19.3. The topological polar surface area (TPSA) is 24.8 Å². The highest BCUT2D eigenvalue weighted by atomic mass is 35.5. The minimum atomic E-state index is 0.136. The molecule has 0 saturated carbocycles. The number of hydrogen-bond donors (Lipinski definition) is 0. The van der Waals surface area contributed by atoms with E-state index in [9.17, 15) is 0 Å². The van der Waals surface area contributed by atoms with E-state index in [2.05, 4.69) is 57.6 Å². The van der Waals surface area contributed by atoms with Crippen molar-refractivity contribution in [1.82, 2.24) is 4.90 Å². The van der Waals surface area contributed by atoms with E-state index in [4.69, 9.17) is 16.4 Å². The molecule has 26 heavy (non-hydrogen) atoms. The van der Waals surface area contributed by atoms with Crippen LogP contribution in [0.15, 0.2) is 47.6 Å². The van der Waals surface area contributed by atoms with Gasteiger partial charge in [-0.05, 0) is 67.3 Å². The molecule has 1 unspecified atom stereocenters.